The highest BCUT2D eigenvalue weighted by molar-refractivity contribution is 6.30. The molecule has 0 radical (unpaired) electrons. The highest BCUT2D eigenvalue weighted by Gasteiger charge is 2.03. The lowest BCUT2D eigenvalue weighted by molar-refractivity contribution is 0.545. The molecule has 0 saturated heterocycles. The molecule has 2 heteroatoms. The second-order valence-corrected chi connectivity index (χ2v) is 5.72. The SMILES string of the molecule is CCc1ccc(CNC(C)Cc2ccc(Cl)cc2)cc1. The summed E-state index contributed by atoms with van der Waals surface area (Å²) in [5, 5.41) is 4.36. The van der Waals surface area contributed by atoms with E-state index in [1.165, 1.54) is 16.7 Å². The van der Waals surface area contributed by atoms with E-state index in [4.69, 9.17) is 11.6 Å². The molecule has 0 aromatic heterocycles. The highest BCUT2D eigenvalue weighted by Crippen LogP contribution is 2.11. The molecule has 2 aromatic carbocycles. The van der Waals surface area contributed by atoms with Gasteiger partial charge in [0.15, 0.2) is 0 Å². The smallest absolute Gasteiger partial charge is 0.0406 e. The molecule has 106 valence electrons. The minimum Gasteiger partial charge on any atom is -0.310 e. The summed E-state index contributed by atoms with van der Waals surface area (Å²) in [4.78, 5) is 0. The van der Waals surface area contributed by atoms with Gasteiger partial charge in [-0.1, -0.05) is 54.9 Å². The monoisotopic (exact) mass is 287 g/mol. The first-order valence-corrected chi connectivity index (χ1v) is 7.61. The molecule has 0 aliphatic rings. The summed E-state index contributed by atoms with van der Waals surface area (Å²) >= 11 is 5.90. The Bertz CT molecular complexity index is 516. The number of benzene rings is 2. The quantitative estimate of drug-likeness (QED) is 0.817. The Morgan fingerprint density at radius 1 is 0.900 bits per heavy atom. The molecule has 0 aliphatic heterocycles. The Morgan fingerprint density at radius 2 is 1.45 bits per heavy atom. The zero-order valence-corrected chi connectivity index (χ0v) is 13.0. The van der Waals surface area contributed by atoms with Gasteiger partial charge < -0.3 is 5.32 Å². The van der Waals surface area contributed by atoms with Crippen LogP contribution in [-0.4, -0.2) is 6.04 Å². The van der Waals surface area contributed by atoms with E-state index < -0.39 is 0 Å². The molecule has 0 spiro atoms. The third-order valence-corrected chi connectivity index (χ3v) is 3.79. The van der Waals surface area contributed by atoms with Gasteiger partial charge >= 0.3 is 0 Å². The van der Waals surface area contributed by atoms with Crippen molar-refractivity contribution in [2.24, 2.45) is 0 Å². The van der Waals surface area contributed by atoms with Crippen molar-refractivity contribution in [3.8, 4) is 0 Å². The van der Waals surface area contributed by atoms with E-state index >= 15 is 0 Å². The van der Waals surface area contributed by atoms with Gasteiger partial charge in [-0.25, -0.2) is 0 Å². The third kappa shape index (κ3) is 4.66. The van der Waals surface area contributed by atoms with E-state index in [0.717, 1.165) is 24.4 Å². The molecule has 0 amide bonds. The molecule has 2 rings (SSSR count). The van der Waals surface area contributed by atoms with Gasteiger partial charge in [-0.3, -0.25) is 0 Å². The van der Waals surface area contributed by atoms with Crippen molar-refractivity contribution in [3.63, 3.8) is 0 Å². The van der Waals surface area contributed by atoms with Gasteiger partial charge in [0.05, 0.1) is 0 Å². The van der Waals surface area contributed by atoms with E-state index in [1.807, 2.05) is 12.1 Å². The lowest BCUT2D eigenvalue weighted by atomic mass is 10.1. The van der Waals surface area contributed by atoms with Gasteiger partial charge in [0, 0.05) is 17.6 Å². The average molecular weight is 288 g/mol. The van der Waals surface area contributed by atoms with Crippen molar-refractivity contribution in [2.75, 3.05) is 0 Å². The van der Waals surface area contributed by atoms with E-state index in [-0.39, 0.29) is 0 Å². The van der Waals surface area contributed by atoms with Gasteiger partial charge in [-0.15, -0.1) is 0 Å². The molecule has 0 heterocycles. The molecule has 1 N–H and O–H groups in total. The third-order valence-electron chi connectivity index (χ3n) is 3.54. The molecule has 0 aliphatic carbocycles. The molecule has 1 atom stereocenters. The molecule has 2 aromatic rings. The molecule has 0 fully saturated rings. The van der Waals surface area contributed by atoms with Gasteiger partial charge in [0.25, 0.3) is 0 Å². The van der Waals surface area contributed by atoms with Crippen molar-refractivity contribution in [3.05, 3.63) is 70.2 Å². The van der Waals surface area contributed by atoms with Gasteiger partial charge in [-0.2, -0.15) is 0 Å². The minimum atomic E-state index is 0.446. The van der Waals surface area contributed by atoms with E-state index in [2.05, 4.69) is 55.6 Å². The number of hydrogen-bond acceptors (Lipinski definition) is 1. The van der Waals surface area contributed by atoms with Crippen LogP contribution in [0.15, 0.2) is 48.5 Å². The second kappa shape index (κ2) is 7.47. The summed E-state index contributed by atoms with van der Waals surface area (Å²) in [6.07, 6.45) is 2.12. The summed E-state index contributed by atoms with van der Waals surface area (Å²) in [5.41, 5.74) is 4.05. The van der Waals surface area contributed by atoms with E-state index in [0.29, 0.717) is 6.04 Å². The first-order valence-electron chi connectivity index (χ1n) is 7.23. The molecule has 1 nitrogen and oxygen atoms in total. The second-order valence-electron chi connectivity index (χ2n) is 5.28. The molecule has 0 bridgehead atoms. The van der Waals surface area contributed by atoms with Crippen molar-refractivity contribution in [1.82, 2.24) is 5.32 Å². The fourth-order valence-corrected chi connectivity index (χ4v) is 2.36. The Morgan fingerprint density at radius 3 is 2.05 bits per heavy atom. The molecular formula is C18H22ClN. The van der Waals surface area contributed by atoms with Crippen molar-refractivity contribution >= 4 is 11.6 Å². The van der Waals surface area contributed by atoms with Crippen LogP contribution in [0.3, 0.4) is 0 Å². The van der Waals surface area contributed by atoms with Crippen molar-refractivity contribution < 1.29 is 0 Å². The summed E-state index contributed by atoms with van der Waals surface area (Å²) in [6, 6.07) is 17.4. The zero-order valence-electron chi connectivity index (χ0n) is 12.2. The first-order chi connectivity index (χ1) is 9.67. The van der Waals surface area contributed by atoms with Crippen LogP contribution in [0.5, 0.6) is 0 Å². The first kappa shape index (κ1) is 15.1. The zero-order chi connectivity index (χ0) is 14.4. The molecular weight excluding hydrogens is 266 g/mol. The predicted molar refractivity (Wildman–Crippen MR) is 87.3 cm³/mol. The van der Waals surface area contributed by atoms with Gasteiger partial charge in [0.1, 0.15) is 0 Å². The fraction of sp³-hybridized carbons (Fsp3) is 0.333. The Balaban J connectivity index is 1.82. The maximum atomic E-state index is 5.90. The molecule has 20 heavy (non-hydrogen) atoms. The number of hydrogen-bond donors (Lipinski definition) is 1. The maximum Gasteiger partial charge on any atom is 0.0406 e. The number of aryl methyl sites for hydroxylation is 1. The van der Waals surface area contributed by atoms with Crippen molar-refractivity contribution in [2.45, 2.75) is 39.3 Å². The summed E-state index contributed by atoms with van der Waals surface area (Å²) in [7, 11) is 0. The van der Waals surface area contributed by atoms with Crippen LogP contribution in [0.1, 0.15) is 30.5 Å². The standard InChI is InChI=1S/C18H22ClN/c1-3-15-4-6-17(7-5-15)13-20-14(2)12-16-8-10-18(19)11-9-16/h4-11,14,20H,3,12-13H2,1-2H3. The Labute approximate surface area is 127 Å². The normalized spacial score (nSPS) is 12.3. The van der Waals surface area contributed by atoms with Gasteiger partial charge in [-0.05, 0) is 48.6 Å². The largest absolute Gasteiger partial charge is 0.310 e. The minimum absolute atomic E-state index is 0.446. The van der Waals surface area contributed by atoms with E-state index in [1.54, 1.807) is 0 Å². The summed E-state index contributed by atoms with van der Waals surface area (Å²) < 4.78 is 0. The molecule has 1 unspecified atom stereocenters. The van der Waals surface area contributed by atoms with Crippen LogP contribution in [-0.2, 0) is 19.4 Å². The van der Waals surface area contributed by atoms with E-state index in [9.17, 15) is 0 Å². The Hall–Kier alpha value is -1.31. The molecule has 0 saturated carbocycles. The van der Waals surface area contributed by atoms with Crippen LogP contribution in [0, 0.1) is 0 Å². The fourth-order valence-electron chi connectivity index (χ4n) is 2.23. The maximum absolute atomic E-state index is 5.90. The average Bonchev–Trinajstić information content (AvgIpc) is 2.48. The number of halogens is 1. The van der Waals surface area contributed by atoms with Gasteiger partial charge in [0.2, 0.25) is 0 Å². The summed E-state index contributed by atoms with van der Waals surface area (Å²) in [6.45, 7) is 5.31. The van der Waals surface area contributed by atoms with Crippen molar-refractivity contribution in [1.29, 1.82) is 0 Å². The summed E-state index contributed by atoms with van der Waals surface area (Å²) in [5.74, 6) is 0. The highest BCUT2D eigenvalue weighted by atomic mass is 35.5. The number of nitrogens with one attached hydrogen (secondary N) is 1. The lowest BCUT2D eigenvalue weighted by Crippen LogP contribution is -2.27. The lowest BCUT2D eigenvalue weighted by Gasteiger charge is -2.14. The van der Waals surface area contributed by atoms with Crippen LogP contribution in [0.2, 0.25) is 5.02 Å². The van der Waals surface area contributed by atoms with Crippen LogP contribution in [0.4, 0.5) is 0 Å². The topological polar surface area (TPSA) is 12.0 Å². The Kier molecular flexibility index (Phi) is 5.63. The predicted octanol–water partition coefficient (Wildman–Crippen LogP) is 4.62. The van der Waals surface area contributed by atoms with Crippen LogP contribution >= 0.6 is 11.6 Å². The van der Waals surface area contributed by atoms with Crippen LogP contribution < -0.4 is 5.32 Å². The number of rotatable bonds is 6. The van der Waals surface area contributed by atoms with Crippen LogP contribution in [0.25, 0.3) is 0 Å².